The Morgan fingerprint density at radius 3 is 2.74 bits per heavy atom. The summed E-state index contributed by atoms with van der Waals surface area (Å²) >= 11 is 0. The standard InChI is InChI=1S/C22H20N4O/c27-22-21-18(12-15-8-9-16-5-1-2-6-17(16)11-15)13-23-14-19(21)25-26(22)20-7-3-4-10-24-20/h1-11,18,23,27H,12-14H2. The molecule has 0 radical (unpaired) electrons. The highest BCUT2D eigenvalue weighted by atomic mass is 16.3. The molecule has 0 bridgehead atoms. The van der Waals surface area contributed by atoms with Gasteiger partial charge in [0.2, 0.25) is 5.88 Å². The predicted molar refractivity (Wildman–Crippen MR) is 105 cm³/mol. The van der Waals surface area contributed by atoms with E-state index in [-0.39, 0.29) is 11.8 Å². The summed E-state index contributed by atoms with van der Waals surface area (Å²) < 4.78 is 1.55. The largest absolute Gasteiger partial charge is 0.493 e. The Bertz CT molecular complexity index is 1100. The molecule has 2 N–H and O–H groups in total. The van der Waals surface area contributed by atoms with Crippen LogP contribution in [0.4, 0.5) is 0 Å². The first-order valence-corrected chi connectivity index (χ1v) is 9.20. The number of hydrogen-bond acceptors (Lipinski definition) is 4. The summed E-state index contributed by atoms with van der Waals surface area (Å²) in [6.07, 6.45) is 2.56. The first kappa shape index (κ1) is 16.0. The lowest BCUT2D eigenvalue weighted by Gasteiger charge is -2.23. The van der Waals surface area contributed by atoms with Crippen molar-refractivity contribution in [2.75, 3.05) is 6.54 Å². The molecule has 134 valence electrons. The van der Waals surface area contributed by atoms with Crippen LogP contribution in [0.3, 0.4) is 0 Å². The van der Waals surface area contributed by atoms with Gasteiger partial charge in [-0.25, -0.2) is 4.98 Å². The number of hydrogen-bond donors (Lipinski definition) is 2. The number of aromatic hydroxyl groups is 1. The van der Waals surface area contributed by atoms with Crippen molar-refractivity contribution in [1.29, 1.82) is 0 Å². The Kier molecular flexibility index (Phi) is 3.87. The summed E-state index contributed by atoms with van der Waals surface area (Å²) in [7, 11) is 0. The lowest BCUT2D eigenvalue weighted by Crippen LogP contribution is -2.28. The van der Waals surface area contributed by atoms with Gasteiger partial charge in [0, 0.05) is 30.8 Å². The molecule has 0 amide bonds. The molecule has 0 saturated heterocycles. The molecule has 1 unspecified atom stereocenters. The maximum Gasteiger partial charge on any atom is 0.219 e. The van der Waals surface area contributed by atoms with Gasteiger partial charge in [0.1, 0.15) is 0 Å². The highest BCUT2D eigenvalue weighted by Gasteiger charge is 2.29. The van der Waals surface area contributed by atoms with E-state index < -0.39 is 0 Å². The molecule has 0 spiro atoms. The molecule has 5 heteroatoms. The SMILES string of the molecule is Oc1c2c(nn1-c1ccccn1)CNCC2Cc1ccc2ccccc2c1. The minimum atomic E-state index is 0.173. The number of benzene rings is 2. The Labute approximate surface area is 157 Å². The van der Waals surface area contributed by atoms with Crippen molar-refractivity contribution in [2.45, 2.75) is 18.9 Å². The second kappa shape index (κ2) is 6.52. The van der Waals surface area contributed by atoms with Gasteiger partial charge in [0.25, 0.3) is 0 Å². The van der Waals surface area contributed by atoms with E-state index in [2.05, 4.69) is 57.9 Å². The molecule has 0 saturated carbocycles. The maximum atomic E-state index is 10.9. The molecule has 2 aromatic heterocycles. The smallest absolute Gasteiger partial charge is 0.219 e. The minimum Gasteiger partial charge on any atom is -0.493 e. The van der Waals surface area contributed by atoms with Crippen LogP contribution in [0, 0.1) is 0 Å². The normalized spacial score (nSPS) is 16.4. The van der Waals surface area contributed by atoms with Gasteiger partial charge in [-0.2, -0.15) is 9.78 Å². The van der Waals surface area contributed by atoms with Gasteiger partial charge in [-0.1, -0.05) is 48.5 Å². The number of fused-ring (bicyclic) bond motifs is 2. The number of nitrogens with zero attached hydrogens (tertiary/aromatic N) is 3. The van der Waals surface area contributed by atoms with Crippen molar-refractivity contribution in [3.05, 3.63) is 83.7 Å². The van der Waals surface area contributed by atoms with Crippen molar-refractivity contribution in [1.82, 2.24) is 20.1 Å². The predicted octanol–water partition coefficient (Wildman–Crippen LogP) is 3.56. The van der Waals surface area contributed by atoms with Crippen LogP contribution in [0.2, 0.25) is 0 Å². The quantitative estimate of drug-likeness (QED) is 0.589. The molecule has 1 aliphatic heterocycles. The van der Waals surface area contributed by atoms with E-state index in [1.165, 1.54) is 16.3 Å². The van der Waals surface area contributed by atoms with Crippen LogP contribution >= 0.6 is 0 Å². The van der Waals surface area contributed by atoms with Gasteiger partial charge in [-0.05, 0) is 34.9 Å². The fourth-order valence-electron chi connectivity index (χ4n) is 3.94. The van der Waals surface area contributed by atoms with Crippen LogP contribution in [0.15, 0.2) is 66.9 Å². The third kappa shape index (κ3) is 2.86. The highest BCUT2D eigenvalue weighted by molar-refractivity contribution is 5.83. The lowest BCUT2D eigenvalue weighted by atomic mass is 9.89. The summed E-state index contributed by atoms with van der Waals surface area (Å²) in [5, 5.41) is 21.4. The van der Waals surface area contributed by atoms with Crippen molar-refractivity contribution in [2.24, 2.45) is 0 Å². The Balaban J connectivity index is 1.51. The zero-order valence-corrected chi connectivity index (χ0v) is 14.8. The second-order valence-corrected chi connectivity index (χ2v) is 7.00. The lowest BCUT2D eigenvalue weighted by molar-refractivity contribution is 0.417. The number of aromatic nitrogens is 3. The van der Waals surface area contributed by atoms with Crippen LogP contribution in [0.1, 0.15) is 22.7 Å². The van der Waals surface area contributed by atoms with E-state index in [0.29, 0.717) is 12.4 Å². The van der Waals surface area contributed by atoms with Crippen LogP contribution < -0.4 is 5.32 Å². The molecule has 4 aromatic rings. The van der Waals surface area contributed by atoms with E-state index in [4.69, 9.17) is 0 Å². The summed E-state index contributed by atoms with van der Waals surface area (Å²) in [6, 6.07) is 20.6. The molecule has 0 aliphatic carbocycles. The molecule has 27 heavy (non-hydrogen) atoms. The zero-order chi connectivity index (χ0) is 18.2. The van der Waals surface area contributed by atoms with E-state index in [0.717, 1.165) is 24.2 Å². The third-order valence-electron chi connectivity index (χ3n) is 5.23. The van der Waals surface area contributed by atoms with Gasteiger partial charge in [-0.15, -0.1) is 0 Å². The minimum absolute atomic E-state index is 0.173. The summed E-state index contributed by atoms with van der Waals surface area (Å²) in [5.74, 6) is 1.01. The molecule has 1 atom stereocenters. The van der Waals surface area contributed by atoms with Crippen molar-refractivity contribution < 1.29 is 5.11 Å². The van der Waals surface area contributed by atoms with Crippen molar-refractivity contribution in [3.63, 3.8) is 0 Å². The summed E-state index contributed by atoms with van der Waals surface area (Å²) in [4.78, 5) is 4.32. The highest BCUT2D eigenvalue weighted by Crippen LogP contribution is 2.35. The number of nitrogens with one attached hydrogen (secondary N) is 1. The monoisotopic (exact) mass is 356 g/mol. The number of rotatable bonds is 3. The topological polar surface area (TPSA) is 63.0 Å². The van der Waals surface area contributed by atoms with Gasteiger partial charge in [0.05, 0.1) is 5.69 Å². The Hall–Kier alpha value is -3.18. The molecule has 0 fully saturated rings. The fourth-order valence-corrected chi connectivity index (χ4v) is 3.94. The first-order valence-electron chi connectivity index (χ1n) is 9.20. The first-order chi connectivity index (χ1) is 13.3. The molecule has 3 heterocycles. The van der Waals surface area contributed by atoms with Gasteiger partial charge in [-0.3, -0.25) is 0 Å². The van der Waals surface area contributed by atoms with Crippen LogP contribution in [-0.2, 0) is 13.0 Å². The fraction of sp³-hybridized carbons (Fsp3) is 0.182. The Morgan fingerprint density at radius 2 is 1.89 bits per heavy atom. The van der Waals surface area contributed by atoms with E-state index in [9.17, 15) is 5.11 Å². The molecular formula is C22H20N4O. The molecule has 2 aromatic carbocycles. The van der Waals surface area contributed by atoms with Gasteiger partial charge in [0.15, 0.2) is 5.82 Å². The van der Waals surface area contributed by atoms with Crippen molar-refractivity contribution in [3.8, 4) is 11.7 Å². The van der Waals surface area contributed by atoms with Crippen LogP contribution in [0.5, 0.6) is 5.88 Å². The second-order valence-electron chi connectivity index (χ2n) is 7.00. The number of pyridine rings is 1. The summed E-state index contributed by atoms with van der Waals surface area (Å²) in [6.45, 7) is 1.48. The van der Waals surface area contributed by atoms with Crippen LogP contribution in [0.25, 0.3) is 16.6 Å². The average molecular weight is 356 g/mol. The molecule has 5 nitrogen and oxygen atoms in total. The third-order valence-corrected chi connectivity index (χ3v) is 5.23. The Morgan fingerprint density at radius 1 is 1.04 bits per heavy atom. The maximum absolute atomic E-state index is 10.9. The molecular weight excluding hydrogens is 336 g/mol. The van der Waals surface area contributed by atoms with E-state index >= 15 is 0 Å². The zero-order valence-electron chi connectivity index (χ0n) is 14.8. The van der Waals surface area contributed by atoms with E-state index in [1.54, 1.807) is 10.9 Å². The summed E-state index contributed by atoms with van der Waals surface area (Å²) in [5.41, 5.74) is 3.10. The average Bonchev–Trinajstić information content (AvgIpc) is 3.06. The molecule has 5 rings (SSSR count). The molecule has 1 aliphatic rings. The van der Waals surface area contributed by atoms with Gasteiger partial charge >= 0.3 is 0 Å². The van der Waals surface area contributed by atoms with Crippen molar-refractivity contribution >= 4 is 10.8 Å². The van der Waals surface area contributed by atoms with E-state index in [1.807, 2.05) is 18.2 Å². The van der Waals surface area contributed by atoms with Gasteiger partial charge < -0.3 is 10.4 Å². The van der Waals surface area contributed by atoms with Crippen LogP contribution in [-0.4, -0.2) is 26.4 Å².